The van der Waals surface area contributed by atoms with Crippen molar-refractivity contribution < 1.29 is 9.59 Å². The van der Waals surface area contributed by atoms with Crippen LogP contribution in [0.25, 0.3) is 5.69 Å². The lowest BCUT2D eigenvalue weighted by molar-refractivity contribution is -0.115. The van der Waals surface area contributed by atoms with Crippen LogP contribution in [0.2, 0.25) is 0 Å². The molecule has 1 aliphatic heterocycles. The van der Waals surface area contributed by atoms with Gasteiger partial charge in [0.2, 0.25) is 5.91 Å². The Kier molecular flexibility index (Phi) is 3.39. The Balaban J connectivity index is 1.65. The maximum atomic E-state index is 12.8. The Morgan fingerprint density at radius 2 is 1.62 bits per heavy atom. The summed E-state index contributed by atoms with van der Waals surface area (Å²) in [6, 6.07) is 18.6. The molecule has 0 aliphatic carbocycles. The highest BCUT2D eigenvalue weighted by atomic mass is 16.2. The molecule has 118 valence electrons. The van der Waals surface area contributed by atoms with Crippen molar-refractivity contribution in [2.45, 2.75) is 0 Å². The van der Waals surface area contributed by atoms with Crippen molar-refractivity contribution in [3.05, 3.63) is 78.6 Å². The SMILES string of the molecule is O=C1CN(C(=O)c2ccc(-n3cccc3)cc2)c2ccccc2N1. The zero-order valence-electron chi connectivity index (χ0n) is 12.8. The number of benzene rings is 2. The summed E-state index contributed by atoms with van der Waals surface area (Å²) in [4.78, 5) is 26.2. The van der Waals surface area contributed by atoms with Crippen molar-refractivity contribution in [3.63, 3.8) is 0 Å². The first kappa shape index (κ1) is 14.3. The molecule has 5 heteroatoms. The molecule has 2 amide bonds. The number of hydrogen-bond donors (Lipinski definition) is 1. The average Bonchev–Trinajstić information content (AvgIpc) is 3.15. The van der Waals surface area contributed by atoms with Gasteiger partial charge in [-0.3, -0.25) is 14.5 Å². The summed E-state index contributed by atoms with van der Waals surface area (Å²) in [6.07, 6.45) is 3.89. The van der Waals surface area contributed by atoms with E-state index in [4.69, 9.17) is 0 Å². The number of para-hydroxylation sites is 2. The number of carbonyl (C=O) groups excluding carboxylic acids is 2. The Morgan fingerprint density at radius 1 is 0.917 bits per heavy atom. The minimum atomic E-state index is -0.189. The third kappa shape index (κ3) is 2.46. The molecule has 0 unspecified atom stereocenters. The lowest BCUT2D eigenvalue weighted by atomic mass is 10.1. The second kappa shape index (κ2) is 5.70. The number of aromatic nitrogens is 1. The molecule has 4 rings (SSSR count). The summed E-state index contributed by atoms with van der Waals surface area (Å²) in [5.41, 5.74) is 2.91. The van der Waals surface area contributed by atoms with E-state index in [0.29, 0.717) is 11.3 Å². The number of rotatable bonds is 2. The van der Waals surface area contributed by atoms with E-state index < -0.39 is 0 Å². The molecule has 0 bridgehead atoms. The molecule has 0 fully saturated rings. The first-order chi connectivity index (χ1) is 11.7. The predicted octanol–water partition coefficient (Wildman–Crippen LogP) is 3.08. The van der Waals surface area contributed by atoms with Crippen LogP contribution in [-0.2, 0) is 4.79 Å². The zero-order chi connectivity index (χ0) is 16.5. The molecular weight excluding hydrogens is 302 g/mol. The van der Waals surface area contributed by atoms with Crippen molar-refractivity contribution in [2.24, 2.45) is 0 Å². The monoisotopic (exact) mass is 317 g/mol. The highest BCUT2D eigenvalue weighted by Crippen LogP contribution is 2.30. The van der Waals surface area contributed by atoms with E-state index in [-0.39, 0.29) is 18.4 Å². The molecule has 0 saturated heterocycles. The van der Waals surface area contributed by atoms with Crippen LogP contribution in [0.3, 0.4) is 0 Å². The molecule has 0 radical (unpaired) electrons. The summed E-state index contributed by atoms with van der Waals surface area (Å²) in [5, 5.41) is 2.79. The maximum Gasteiger partial charge on any atom is 0.258 e. The van der Waals surface area contributed by atoms with Crippen LogP contribution in [0.5, 0.6) is 0 Å². The quantitative estimate of drug-likeness (QED) is 0.790. The fourth-order valence-corrected chi connectivity index (χ4v) is 2.85. The number of nitrogens with zero attached hydrogens (tertiary/aromatic N) is 2. The Labute approximate surface area is 139 Å². The molecule has 1 N–H and O–H groups in total. The molecule has 3 aromatic rings. The van der Waals surface area contributed by atoms with Gasteiger partial charge in [0, 0.05) is 23.6 Å². The van der Waals surface area contributed by atoms with Crippen LogP contribution in [0, 0.1) is 0 Å². The molecule has 1 aromatic heterocycles. The zero-order valence-corrected chi connectivity index (χ0v) is 12.8. The maximum absolute atomic E-state index is 12.8. The number of anilines is 2. The minimum absolute atomic E-state index is 0.0230. The highest BCUT2D eigenvalue weighted by Gasteiger charge is 2.27. The largest absolute Gasteiger partial charge is 0.324 e. The van der Waals surface area contributed by atoms with Crippen molar-refractivity contribution in [1.29, 1.82) is 0 Å². The van der Waals surface area contributed by atoms with E-state index in [0.717, 1.165) is 11.4 Å². The third-order valence-corrected chi connectivity index (χ3v) is 4.03. The van der Waals surface area contributed by atoms with E-state index in [1.807, 2.05) is 59.4 Å². The van der Waals surface area contributed by atoms with Gasteiger partial charge < -0.3 is 9.88 Å². The van der Waals surface area contributed by atoms with Gasteiger partial charge in [-0.05, 0) is 48.5 Å². The Morgan fingerprint density at radius 3 is 2.38 bits per heavy atom. The van der Waals surface area contributed by atoms with Crippen LogP contribution in [-0.4, -0.2) is 22.9 Å². The van der Waals surface area contributed by atoms with Crippen LogP contribution >= 0.6 is 0 Å². The Bertz CT molecular complexity index is 899. The van der Waals surface area contributed by atoms with Gasteiger partial charge in [0.1, 0.15) is 6.54 Å². The number of nitrogens with one attached hydrogen (secondary N) is 1. The fraction of sp³-hybridized carbons (Fsp3) is 0.0526. The van der Waals surface area contributed by atoms with Gasteiger partial charge in [-0.2, -0.15) is 0 Å². The molecular formula is C19H15N3O2. The van der Waals surface area contributed by atoms with E-state index in [1.54, 1.807) is 18.2 Å². The summed E-state index contributed by atoms with van der Waals surface area (Å²) in [6.45, 7) is 0.0230. The average molecular weight is 317 g/mol. The smallest absolute Gasteiger partial charge is 0.258 e. The van der Waals surface area contributed by atoms with Crippen molar-refractivity contribution in [3.8, 4) is 5.69 Å². The second-order valence-corrected chi connectivity index (χ2v) is 5.59. The number of carbonyl (C=O) groups is 2. The summed E-state index contributed by atoms with van der Waals surface area (Å²) in [7, 11) is 0. The summed E-state index contributed by atoms with van der Waals surface area (Å²) >= 11 is 0. The van der Waals surface area contributed by atoms with Crippen LogP contribution in [0.4, 0.5) is 11.4 Å². The van der Waals surface area contributed by atoms with Gasteiger partial charge in [0.25, 0.3) is 5.91 Å². The molecule has 2 heterocycles. The molecule has 2 aromatic carbocycles. The van der Waals surface area contributed by atoms with Gasteiger partial charge in [-0.1, -0.05) is 12.1 Å². The molecule has 0 spiro atoms. The second-order valence-electron chi connectivity index (χ2n) is 5.59. The molecule has 24 heavy (non-hydrogen) atoms. The first-order valence-electron chi connectivity index (χ1n) is 7.66. The van der Waals surface area contributed by atoms with Crippen LogP contribution in [0.1, 0.15) is 10.4 Å². The van der Waals surface area contributed by atoms with Crippen LogP contribution < -0.4 is 10.2 Å². The van der Waals surface area contributed by atoms with E-state index in [1.165, 1.54) is 4.90 Å². The van der Waals surface area contributed by atoms with Crippen LogP contribution in [0.15, 0.2) is 73.1 Å². The van der Waals surface area contributed by atoms with E-state index in [2.05, 4.69) is 5.32 Å². The van der Waals surface area contributed by atoms with Gasteiger partial charge in [-0.25, -0.2) is 0 Å². The number of amides is 2. The fourth-order valence-electron chi connectivity index (χ4n) is 2.85. The number of fused-ring (bicyclic) bond motifs is 1. The van der Waals surface area contributed by atoms with Gasteiger partial charge in [0.05, 0.1) is 11.4 Å². The topological polar surface area (TPSA) is 54.3 Å². The lowest BCUT2D eigenvalue weighted by Crippen LogP contribution is -2.42. The summed E-state index contributed by atoms with van der Waals surface area (Å²) < 4.78 is 1.97. The summed E-state index contributed by atoms with van der Waals surface area (Å²) in [5.74, 6) is -0.373. The highest BCUT2D eigenvalue weighted by molar-refractivity contribution is 6.15. The minimum Gasteiger partial charge on any atom is -0.324 e. The van der Waals surface area contributed by atoms with Gasteiger partial charge in [0.15, 0.2) is 0 Å². The predicted molar refractivity (Wildman–Crippen MR) is 92.5 cm³/mol. The molecule has 1 aliphatic rings. The van der Waals surface area contributed by atoms with Gasteiger partial charge >= 0.3 is 0 Å². The van der Waals surface area contributed by atoms with Gasteiger partial charge in [-0.15, -0.1) is 0 Å². The lowest BCUT2D eigenvalue weighted by Gasteiger charge is -2.29. The normalized spacial score (nSPS) is 13.3. The van der Waals surface area contributed by atoms with E-state index >= 15 is 0 Å². The number of hydrogen-bond acceptors (Lipinski definition) is 2. The van der Waals surface area contributed by atoms with E-state index in [9.17, 15) is 9.59 Å². The first-order valence-corrected chi connectivity index (χ1v) is 7.66. The standard InChI is InChI=1S/C19H15N3O2/c23-18-13-22(17-6-2-1-5-16(17)20-18)19(24)14-7-9-15(10-8-14)21-11-3-4-12-21/h1-12H,13H2,(H,20,23). The molecule has 0 atom stereocenters. The van der Waals surface area contributed by atoms with Crippen molar-refractivity contribution >= 4 is 23.2 Å². The molecule has 0 saturated carbocycles. The third-order valence-electron chi connectivity index (χ3n) is 4.03. The molecule has 5 nitrogen and oxygen atoms in total. The van der Waals surface area contributed by atoms with Crippen molar-refractivity contribution in [1.82, 2.24) is 4.57 Å². The Hall–Kier alpha value is -3.34. The van der Waals surface area contributed by atoms with Crippen molar-refractivity contribution in [2.75, 3.05) is 16.8 Å².